The van der Waals surface area contributed by atoms with E-state index >= 15 is 0 Å². The second-order valence-electron chi connectivity index (χ2n) is 17.5. The lowest BCUT2D eigenvalue weighted by Gasteiger charge is -2.38. The standard InChI is InChI=1S/C26H32ClN3O2.C24H30ClN3O/c1-18(31)21-7-11-23(12-8-21)28-26(32)29-24-3-2-4-25(24)30-15-13-20(14-16-30)17-19-5-9-22(27)10-6-19;25-20-11-9-18(10-12-20)17-19-13-15-28(16-14-19)23-8-4-7-22(23)27-24(29)26-21-5-2-1-3-6-21/h5-12,20,24-25H,2-4,13-17H2,1H3,(H2,28,29,32);1-3,5-6,9-12,19,22-23H,4,7-8,13-17H2,(H2,26,27,29). The summed E-state index contributed by atoms with van der Waals surface area (Å²) in [6.07, 6.45) is 13.8. The molecule has 61 heavy (non-hydrogen) atoms. The molecule has 2 aliphatic heterocycles. The van der Waals surface area contributed by atoms with Gasteiger partial charge < -0.3 is 21.3 Å². The Labute approximate surface area is 372 Å². The number of rotatable bonds is 11. The molecule has 9 nitrogen and oxygen atoms in total. The van der Waals surface area contributed by atoms with Crippen LogP contribution in [0.4, 0.5) is 21.0 Å². The van der Waals surface area contributed by atoms with E-state index in [-0.39, 0.29) is 29.9 Å². The van der Waals surface area contributed by atoms with Crippen LogP contribution in [-0.2, 0) is 12.8 Å². The SMILES string of the molecule is CC(=O)c1ccc(NC(=O)NC2CCCC2N2CCC(Cc3ccc(Cl)cc3)CC2)cc1.O=C(Nc1ccccc1)NC1CCCC1N1CCC(Cc2ccc(Cl)cc2)CC1. The molecule has 4 aromatic rings. The Hall–Kier alpha value is -4.41. The van der Waals surface area contributed by atoms with Crippen molar-refractivity contribution in [2.45, 2.75) is 108 Å². The second kappa shape index (κ2) is 22.1. The summed E-state index contributed by atoms with van der Waals surface area (Å²) in [6, 6.07) is 34.2. The van der Waals surface area contributed by atoms with Crippen LogP contribution in [0, 0.1) is 11.8 Å². The van der Waals surface area contributed by atoms with E-state index in [4.69, 9.17) is 23.2 Å². The smallest absolute Gasteiger partial charge is 0.319 e. The number of nitrogens with one attached hydrogen (secondary N) is 4. The van der Waals surface area contributed by atoms with Crippen molar-refractivity contribution in [3.8, 4) is 0 Å². The maximum atomic E-state index is 12.6. The van der Waals surface area contributed by atoms with Gasteiger partial charge in [-0.1, -0.05) is 65.7 Å². The van der Waals surface area contributed by atoms with Gasteiger partial charge in [-0.2, -0.15) is 0 Å². The Morgan fingerprint density at radius 3 is 1.34 bits per heavy atom. The topological polar surface area (TPSA) is 106 Å². The average Bonchev–Trinajstić information content (AvgIpc) is 3.93. The lowest BCUT2D eigenvalue weighted by molar-refractivity contribution is 0.101. The number of carbonyl (C=O) groups is 3. The minimum Gasteiger partial charge on any atom is -0.334 e. The van der Waals surface area contributed by atoms with Crippen molar-refractivity contribution < 1.29 is 14.4 Å². The van der Waals surface area contributed by atoms with E-state index in [0.29, 0.717) is 29.3 Å². The molecule has 4 aliphatic rings. The monoisotopic (exact) mass is 864 g/mol. The molecule has 4 atom stereocenters. The number of hydrogen-bond donors (Lipinski definition) is 4. The van der Waals surface area contributed by atoms with Gasteiger partial charge in [0.05, 0.1) is 0 Å². The van der Waals surface area contributed by atoms with Crippen molar-refractivity contribution >= 4 is 52.4 Å². The molecule has 8 rings (SSSR count). The van der Waals surface area contributed by atoms with E-state index in [9.17, 15) is 14.4 Å². The number of piperidine rings is 2. The van der Waals surface area contributed by atoms with Gasteiger partial charge in [-0.25, -0.2) is 9.59 Å². The molecule has 0 bridgehead atoms. The number of anilines is 2. The summed E-state index contributed by atoms with van der Waals surface area (Å²) in [5.74, 6) is 1.47. The van der Waals surface area contributed by atoms with Crippen LogP contribution in [0.3, 0.4) is 0 Å². The van der Waals surface area contributed by atoms with Gasteiger partial charge in [0.2, 0.25) is 0 Å². The molecular weight excluding hydrogens is 803 g/mol. The highest BCUT2D eigenvalue weighted by atomic mass is 35.5. The van der Waals surface area contributed by atoms with Crippen molar-refractivity contribution in [1.82, 2.24) is 20.4 Å². The fourth-order valence-corrected chi connectivity index (χ4v) is 10.2. The molecule has 2 aliphatic carbocycles. The maximum Gasteiger partial charge on any atom is 0.319 e. The predicted molar refractivity (Wildman–Crippen MR) is 249 cm³/mol. The highest BCUT2D eigenvalue weighted by Gasteiger charge is 2.36. The van der Waals surface area contributed by atoms with Crippen molar-refractivity contribution in [2.75, 3.05) is 36.8 Å². The molecule has 4 N–H and O–H groups in total. The molecule has 0 radical (unpaired) electrons. The molecule has 324 valence electrons. The van der Waals surface area contributed by atoms with Crippen LogP contribution < -0.4 is 21.3 Å². The molecule has 4 amide bonds. The summed E-state index contributed by atoms with van der Waals surface area (Å²) in [5.41, 5.74) is 4.92. The van der Waals surface area contributed by atoms with Crippen LogP contribution >= 0.6 is 23.2 Å². The minimum atomic E-state index is -0.171. The first-order valence-corrected chi connectivity index (χ1v) is 23.2. The summed E-state index contributed by atoms with van der Waals surface area (Å²) < 4.78 is 0. The maximum absolute atomic E-state index is 12.6. The summed E-state index contributed by atoms with van der Waals surface area (Å²) >= 11 is 12.0. The fourth-order valence-electron chi connectivity index (χ4n) is 9.96. The molecule has 11 heteroatoms. The highest BCUT2D eigenvalue weighted by Crippen LogP contribution is 2.32. The Morgan fingerprint density at radius 1 is 0.525 bits per heavy atom. The molecule has 0 spiro atoms. The number of hydrogen-bond acceptors (Lipinski definition) is 5. The van der Waals surface area contributed by atoms with E-state index in [1.54, 1.807) is 24.3 Å². The third-order valence-electron chi connectivity index (χ3n) is 13.3. The summed E-state index contributed by atoms with van der Waals surface area (Å²) in [4.78, 5) is 41.6. The van der Waals surface area contributed by atoms with Gasteiger partial charge in [0, 0.05) is 51.2 Å². The number of likely N-dealkylation sites (tertiary alicyclic amines) is 2. The first-order valence-electron chi connectivity index (χ1n) is 22.4. The van der Waals surface area contributed by atoms with E-state index in [0.717, 1.165) is 86.4 Å². The fraction of sp³-hybridized carbons (Fsp3) is 0.460. The van der Waals surface area contributed by atoms with Crippen molar-refractivity contribution in [2.24, 2.45) is 11.8 Å². The number of urea groups is 2. The van der Waals surface area contributed by atoms with Crippen LogP contribution in [0.15, 0.2) is 103 Å². The molecule has 4 unspecified atom stereocenters. The normalized spacial score (nSPS) is 22.5. The number of Topliss-reactive ketones (excluding diaryl/α,β-unsaturated/α-hetero) is 1. The van der Waals surface area contributed by atoms with Gasteiger partial charge >= 0.3 is 12.1 Å². The van der Waals surface area contributed by atoms with Crippen molar-refractivity contribution in [3.05, 3.63) is 130 Å². The summed E-state index contributed by atoms with van der Waals surface area (Å²) in [5, 5.41) is 13.9. The first-order chi connectivity index (χ1) is 29.6. The number of amides is 4. The van der Waals surface area contributed by atoms with Crippen LogP contribution in [0.5, 0.6) is 0 Å². The Morgan fingerprint density at radius 2 is 0.934 bits per heavy atom. The van der Waals surface area contributed by atoms with Gasteiger partial charge in [0.25, 0.3) is 0 Å². The molecule has 2 heterocycles. The largest absolute Gasteiger partial charge is 0.334 e. The Bertz CT molecular complexity index is 2000. The van der Waals surface area contributed by atoms with Crippen LogP contribution in [0.25, 0.3) is 0 Å². The second-order valence-corrected chi connectivity index (χ2v) is 18.4. The number of benzene rings is 4. The van der Waals surface area contributed by atoms with Crippen LogP contribution in [0.1, 0.15) is 92.6 Å². The minimum absolute atomic E-state index is 0.0201. The van der Waals surface area contributed by atoms with E-state index in [1.807, 2.05) is 54.6 Å². The molecule has 4 fully saturated rings. The zero-order chi connectivity index (χ0) is 42.6. The lowest BCUT2D eigenvalue weighted by Crippen LogP contribution is -2.52. The Balaban J connectivity index is 0.000000185. The van der Waals surface area contributed by atoms with Gasteiger partial charge in [-0.05, 0) is 194 Å². The summed E-state index contributed by atoms with van der Waals surface area (Å²) in [7, 11) is 0. The number of ketones is 1. The zero-order valence-corrected chi connectivity index (χ0v) is 37.0. The van der Waals surface area contributed by atoms with E-state index < -0.39 is 0 Å². The highest BCUT2D eigenvalue weighted by molar-refractivity contribution is 6.30. The Kier molecular flexibility index (Phi) is 16.2. The molecule has 2 saturated carbocycles. The van der Waals surface area contributed by atoms with Gasteiger partial charge in [0.15, 0.2) is 5.78 Å². The third kappa shape index (κ3) is 13.3. The number of halogens is 2. The first kappa shape index (κ1) is 44.6. The summed E-state index contributed by atoms with van der Waals surface area (Å²) in [6.45, 7) is 5.98. The average molecular weight is 866 g/mol. The van der Waals surface area contributed by atoms with Gasteiger partial charge in [-0.15, -0.1) is 0 Å². The van der Waals surface area contributed by atoms with Crippen LogP contribution in [0.2, 0.25) is 10.0 Å². The number of carbonyl (C=O) groups excluding carboxylic acids is 3. The molecular formula is C50H62Cl2N6O3. The lowest BCUT2D eigenvalue weighted by atomic mass is 9.89. The zero-order valence-electron chi connectivity index (χ0n) is 35.5. The van der Waals surface area contributed by atoms with Gasteiger partial charge in [-0.3, -0.25) is 14.6 Å². The molecule has 0 aromatic heterocycles. The van der Waals surface area contributed by atoms with Crippen molar-refractivity contribution in [1.29, 1.82) is 0 Å². The van der Waals surface area contributed by atoms with E-state index in [1.165, 1.54) is 56.6 Å². The molecule has 2 saturated heterocycles. The predicted octanol–water partition coefficient (Wildman–Crippen LogP) is 10.9. The van der Waals surface area contributed by atoms with Crippen LogP contribution in [-0.4, -0.2) is 78.0 Å². The van der Waals surface area contributed by atoms with E-state index in [2.05, 4.69) is 55.3 Å². The number of para-hydroxylation sites is 1. The molecule has 4 aromatic carbocycles. The third-order valence-corrected chi connectivity index (χ3v) is 13.8. The quantitative estimate of drug-likeness (QED) is 0.112. The number of nitrogens with zero attached hydrogens (tertiary/aromatic N) is 2. The van der Waals surface area contributed by atoms with Gasteiger partial charge in [0.1, 0.15) is 0 Å². The van der Waals surface area contributed by atoms with Crippen molar-refractivity contribution in [3.63, 3.8) is 0 Å².